The predicted octanol–water partition coefficient (Wildman–Crippen LogP) is 1.92. The Bertz CT molecular complexity index is 779. The van der Waals surface area contributed by atoms with Crippen molar-refractivity contribution in [3.8, 4) is 0 Å². The fraction of sp³-hybridized carbons (Fsp3) is 0.368. The number of carbonyl (C=O) groups excluding carboxylic acids is 2. The molecule has 0 radical (unpaired) electrons. The van der Waals surface area contributed by atoms with Crippen LogP contribution in [0, 0.1) is 6.92 Å². The molecule has 9 heteroatoms. The van der Waals surface area contributed by atoms with Gasteiger partial charge in [-0.1, -0.05) is 30.9 Å². The van der Waals surface area contributed by atoms with Crippen molar-refractivity contribution in [1.29, 1.82) is 0 Å². The molecule has 1 aromatic carbocycles. The van der Waals surface area contributed by atoms with Crippen LogP contribution in [-0.2, 0) is 33.4 Å². The molecule has 0 aliphatic heterocycles. The Morgan fingerprint density at radius 1 is 0.929 bits per heavy atom. The Morgan fingerprint density at radius 3 is 1.82 bits per heavy atom. The molecule has 0 unspecified atom stereocenters. The third-order valence-electron chi connectivity index (χ3n) is 2.89. The van der Waals surface area contributed by atoms with Gasteiger partial charge in [0.1, 0.15) is 19.8 Å². The van der Waals surface area contributed by atoms with E-state index in [0.717, 1.165) is 5.56 Å². The lowest BCUT2D eigenvalue weighted by Crippen LogP contribution is -2.14. The fourth-order valence-electron chi connectivity index (χ4n) is 1.44. The first kappa shape index (κ1) is 25.5. The highest BCUT2D eigenvalue weighted by atomic mass is 32.2. The van der Waals surface area contributed by atoms with Crippen LogP contribution in [0.3, 0.4) is 0 Å². The summed E-state index contributed by atoms with van der Waals surface area (Å²) < 4.78 is 37.4. The number of esters is 2. The van der Waals surface area contributed by atoms with Crippen LogP contribution >= 0.6 is 0 Å². The number of carbonyl (C=O) groups is 2. The van der Waals surface area contributed by atoms with Crippen molar-refractivity contribution < 1.29 is 36.8 Å². The van der Waals surface area contributed by atoms with Crippen LogP contribution in [0.2, 0.25) is 0 Å². The summed E-state index contributed by atoms with van der Waals surface area (Å²) >= 11 is 0. The Kier molecular flexibility index (Phi) is 11.7. The van der Waals surface area contributed by atoms with E-state index in [9.17, 15) is 18.0 Å². The molecule has 28 heavy (non-hydrogen) atoms. The second-order valence-corrected chi connectivity index (χ2v) is 7.26. The summed E-state index contributed by atoms with van der Waals surface area (Å²) in [5.74, 6) is -1.03. The lowest BCUT2D eigenvalue weighted by atomic mass is 10.2. The average Bonchev–Trinajstić information content (AvgIpc) is 2.63. The lowest BCUT2D eigenvalue weighted by Gasteiger charge is -2.07. The highest BCUT2D eigenvalue weighted by Gasteiger charge is 2.15. The Labute approximate surface area is 165 Å². The van der Waals surface area contributed by atoms with Gasteiger partial charge in [0.05, 0.1) is 11.5 Å². The molecule has 1 aromatic rings. The molecular weight excluding hydrogens is 388 g/mol. The van der Waals surface area contributed by atoms with Crippen molar-refractivity contribution in [3.63, 3.8) is 0 Å². The van der Waals surface area contributed by atoms with Crippen LogP contribution in [0.5, 0.6) is 0 Å². The molecule has 1 N–H and O–H groups in total. The van der Waals surface area contributed by atoms with E-state index in [-0.39, 0.29) is 36.9 Å². The fourth-order valence-corrected chi connectivity index (χ4v) is 2.33. The predicted molar refractivity (Wildman–Crippen MR) is 103 cm³/mol. The maximum absolute atomic E-state index is 11.7. The molecule has 8 nitrogen and oxygen atoms in total. The first-order valence-electron chi connectivity index (χ1n) is 8.23. The van der Waals surface area contributed by atoms with Gasteiger partial charge in [0.15, 0.2) is 0 Å². The number of aliphatic hydroxyl groups excluding tert-OH is 1. The number of rotatable bonds is 9. The van der Waals surface area contributed by atoms with Crippen molar-refractivity contribution in [1.82, 2.24) is 0 Å². The van der Waals surface area contributed by atoms with Crippen LogP contribution in [0.4, 0.5) is 0 Å². The molecule has 0 atom stereocenters. The van der Waals surface area contributed by atoms with E-state index in [1.54, 1.807) is 19.1 Å². The summed E-state index contributed by atoms with van der Waals surface area (Å²) in [5.41, 5.74) is 1.55. The minimum absolute atomic E-state index is 0.0473. The molecule has 0 saturated heterocycles. The number of hydrogen-bond donors (Lipinski definition) is 1. The smallest absolute Gasteiger partial charge is 0.333 e. The molecular formula is C19H26O8S. The van der Waals surface area contributed by atoms with Crippen LogP contribution < -0.4 is 0 Å². The van der Waals surface area contributed by atoms with E-state index in [0.29, 0.717) is 5.57 Å². The normalized spacial score (nSPS) is 10.3. The average molecular weight is 414 g/mol. The zero-order chi connectivity index (χ0) is 21.7. The first-order valence-corrected chi connectivity index (χ1v) is 9.64. The molecule has 0 aromatic heterocycles. The van der Waals surface area contributed by atoms with E-state index < -0.39 is 22.1 Å². The van der Waals surface area contributed by atoms with Crippen LogP contribution in [0.15, 0.2) is 53.5 Å². The van der Waals surface area contributed by atoms with Crippen molar-refractivity contribution in [3.05, 3.63) is 54.1 Å². The molecule has 0 saturated carbocycles. The highest BCUT2D eigenvalue weighted by Crippen LogP contribution is 2.12. The summed E-state index contributed by atoms with van der Waals surface area (Å²) in [6.45, 7) is 11.2. The Balaban J connectivity index is 0.000000684. The number of aryl methyl sites for hydroxylation is 1. The standard InChI is InChI=1S/C13H16O5S.C6H10O3/c1-10(2)13(14)17-8-9-18-19(15,16)12-6-4-11(3)5-7-12;1-5(2)6(8)9-4-3-7/h4-7H,1,8-9H2,2-3H3;7H,1,3-4H2,2H3. The number of aliphatic hydroxyl groups is 1. The van der Waals surface area contributed by atoms with E-state index in [1.807, 2.05) is 6.92 Å². The SMILES string of the molecule is C=C(C)C(=O)OCCO.C=C(C)C(=O)OCCOS(=O)(=O)c1ccc(C)cc1. The minimum atomic E-state index is -3.81. The van der Waals surface area contributed by atoms with Gasteiger partial charge in [0.25, 0.3) is 10.1 Å². The van der Waals surface area contributed by atoms with Crippen molar-refractivity contribution in [2.24, 2.45) is 0 Å². The third-order valence-corrected chi connectivity index (χ3v) is 4.21. The molecule has 0 heterocycles. The van der Waals surface area contributed by atoms with Gasteiger partial charge in [0, 0.05) is 11.1 Å². The van der Waals surface area contributed by atoms with E-state index in [2.05, 4.69) is 17.9 Å². The van der Waals surface area contributed by atoms with Gasteiger partial charge in [0.2, 0.25) is 0 Å². The van der Waals surface area contributed by atoms with Gasteiger partial charge < -0.3 is 14.6 Å². The van der Waals surface area contributed by atoms with Gasteiger partial charge in [-0.25, -0.2) is 9.59 Å². The number of hydrogen-bond acceptors (Lipinski definition) is 8. The summed E-state index contributed by atoms with van der Waals surface area (Å²) in [7, 11) is -3.81. The Morgan fingerprint density at radius 2 is 1.39 bits per heavy atom. The van der Waals surface area contributed by atoms with Gasteiger partial charge in [-0.15, -0.1) is 0 Å². The van der Waals surface area contributed by atoms with Crippen molar-refractivity contribution in [2.75, 3.05) is 26.4 Å². The van der Waals surface area contributed by atoms with Crippen LogP contribution in [-0.4, -0.2) is 51.9 Å². The van der Waals surface area contributed by atoms with Crippen molar-refractivity contribution >= 4 is 22.1 Å². The Hall–Kier alpha value is -2.49. The third kappa shape index (κ3) is 10.6. The van der Waals surface area contributed by atoms with E-state index in [1.165, 1.54) is 19.1 Å². The van der Waals surface area contributed by atoms with E-state index in [4.69, 9.17) is 14.0 Å². The van der Waals surface area contributed by atoms with E-state index >= 15 is 0 Å². The van der Waals surface area contributed by atoms with Gasteiger partial charge >= 0.3 is 11.9 Å². The van der Waals surface area contributed by atoms with Gasteiger partial charge in [-0.05, 0) is 32.9 Å². The molecule has 0 aliphatic carbocycles. The maximum Gasteiger partial charge on any atom is 0.333 e. The summed E-state index contributed by atoms with van der Waals surface area (Å²) in [6.07, 6.45) is 0. The maximum atomic E-state index is 11.7. The summed E-state index contributed by atoms with van der Waals surface area (Å²) in [4.78, 5) is 21.6. The quantitative estimate of drug-likeness (QED) is 0.282. The zero-order valence-corrected chi connectivity index (χ0v) is 17.1. The second-order valence-electron chi connectivity index (χ2n) is 5.65. The monoisotopic (exact) mass is 414 g/mol. The van der Waals surface area contributed by atoms with Gasteiger partial charge in [-0.2, -0.15) is 8.42 Å². The first-order chi connectivity index (χ1) is 13.0. The zero-order valence-electron chi connectivity index (χ0n) is 16.3. The van der Waals surface area contributed by atoms with Gasteiger partial charge in [-0.3, -0.25) is 4.18 Å². The summed E-state index contributed by atoms with van der Waals surface area (Å²) in [6, 6.07) is 6.28. The minimum Gasteiger partial charge on any atom is -0.460 e. The highest BCUT2D eigenvalue weighted by molar-refractivity contribution is 7.86. The lowest BCUT2D eigenvalue weighted by molar-refractivity contribution is -0.140. The number of benzene rings is 1. The molecule has 156 valence electrons. The van der Waals surface area contributed by atoms with Crippen LogP contribution in [0.25, 0.3) is 0 Å². The molecule has 0 bridgehead atoms. The summed E-state index contributed by atoms with van der Waals surface area (Å²) in [5, 5.41) is 8.19. The second kappa shape index (κ2) is 12.8. The molecule has 0 amide bonds. The van der Waals surface area contributed by atoms with Crippen molar-refractivity contribution in [2.45, 2.75) is 25.7 Å². The molecule has 1 rings (SSSR count). The molecule has 0 aliphatic rings. The number of ether oxygens (including phenoxy) is 2. The van der Waals surface area contributed by atoms with Crippen LogP contribution in [0.1, 0.15) is 19.4 Å². The molecule has 0 fully saturated rings. The largest absolute Gasteiger partial charge is 0.460 e. The molecule has 0 spiro atoms. The topological polar surface area (TPSA) is 116 Å².